The van der Waals surface area contributed by atoms with E-state index in [0.717, 1.165) is 24.3 Å². The Bertz CT molecular complexity index is 290. The molecule has 2 heterocycles. The molecular weight excluding hydrogens is 202 g/mol. The quantitative estimate of drug-likeness (QED) is 0.778. The summed E-state index contributed by atoms with van der Waals surface area (Å²) in [5, 5.41) is 9.18. The van der Waals surface area contributed by atoms with Gasteiger partial charge < -0.3 is 5.11 Å². The van der Waals surface area contributed by atoms with Crippen LogP contribution in [0.5, 0.6) is 0 Å². The molecule has 4 fully saturated rings. The van der Waals surface area contributed by atoms with Gasteiger partial charge in [-0.05, 0) is 56.8 Å². The third kappa shape index (κ3) is 1.65. The highest BCUT2D eigenvalue weighted by atomic mass is 16.4. The summed E-state index contributed by atoms with van der Waals surface area (Å²) in [6, 6.07) is 0.269. The van der Waals surface area contributed by atoms with Crippen molar-refractivity contribution in [3.8, 4) is 0 Å². The number of carbonyl (C=O) groups is 1. The van der Waals surface area contributed by atoms with Gasteiger partial charge in [0, 0.05) is 12.6 Å². The van der Waals surface area contributed by atoms with Gasteiger partial charge in [0.2, 0.25) is 0 Å². The van der Waals surface area contributed by atoms with E-state index in [1.165, 1.54) is 32.1 Å². The SMILES string of the molecule is CC(C(=O)O)N1CC2CC3CC(C2)CC1C3. The van der Waals surface area contributed by atoms with E-state index in [2.05, 4.69) is 4.90 Å². The first-order chi connectivity index (χ1) is 7.63. The van der Waals surface area contributed by atoms with Crippen LogP contribution in [0.1, 0.15) is 39.0 Å². The lowest BCUT2D eigenvalue weighted by Gasteiger charge is -2.39. The average Bonchev–Trinajstić information content (AvgIpc) is 2.41. The minimum absolute atomic E-state index is 0.289. The van der Waals surface area contributed by atoms with Gasteiger partial charge in [-0.3, -0.25) is 9.69 Å². The van der Waals surface area contributed by atoms with Crippen molar-refractivity contribution in [2.24, 2.45) is 17.8 Å². The number of hydrogen-bond donors (Lipinski definition) is 1. The first-order valence-electron chi connectivity index (χ1n) is 6.62. The molecule has 2 saturated heterocycles. The van der Waals surface area contributed by atoms with E-state index in [9.17, 15) is 9.90 Å². The number of rotatable bonds is 2. The Kier molecular flexibility index (Phi) is 2.46. The van der Waals surface area contributed by atoms with Crippen LogP contribution in [0.4, 0.5) is 0 Å². The zero-order chi connectivity index (χ0) is 11.3. The molecule has 4 aliphatic rings. The fourth-order valence-electron chi connectivity index (χ4n) is 4.44. The molecule has 1 N–H and O–H groups in total. The minimum atomic E-state index is -0.652. The van der Waals surface area contributed by atoms with Gasteiger partial charge in [-0.25, -0.2) is 0 Å². The largest absolute Gasteiger partial charge is 0.480 e. The molecule has 0 aromatic heterocycles. The molecule has 4 bridgehead atoms. The van der Waals surface area contributed by atoms with Crippen molar-refractivity contribution in [2.45, 2.75) is 51.1 Å². The summed E-state index contributed by atoms with van der Waals surface area (Å²) in [5.74, 6) is 1.92. The highest BCUT2D eigenvalue weighted by Crippen LogP contribution is 2.47. The Labute approximate surface area is 96.8 Å². The molecular formula is C13H21NO2. The van der Waals surface area contributed by atoms with Crippen LogP contribution < -0.4 is 0 Å². The third-order valence-corrected chi connectivity index (χ3v) is 5.00. The maximum absolute atomic E-state index is 11.2. The summed E-state index contributed by atoms with van der Waals surface area (Å²) in [5.41, 5.74) is 0. The predicted molar refractivity (Wildman–Crippen MR) is 61.1 cm³/mol. The zero-order valence-corrected chi connectivity index (χ0v) is 9.93. The van der Waals surface area contributed by atoms with Gasteiger partial charge in [-0.2, -0.15) is 0 Å². The number of hydrogen-bond acceptors (Lipinski definition) is 2. The maximum Gasteiger partial charge on any atom is 0.320 e. The van der Waals surface area contributed by atoms with Gasteiger partial charge in [0.1, 0.15) is 6.04 Å². The van der Waals surface area contributed by atoms with E-state index in [-0.39, 0.29) is 6.04 Å². The highest BCUT2D eigenvalue weighted by Gasteiger charge is 2.44. The third-order valence-electron chi connectivity index (χ3n) is 5.00. The van der Waals surface area contributed by atoms with E-state index in [1.54, 1.807) is 0 Å². The molecule has 16 heavy (non-hydrogen) atoms. The fourth-order valence-corrected chi connectivity index (χ4v) is 4.44. The monoisotopic (exact) mass is 223 g/mol. The van der Waals surface area contributed by atoms with Gasteiger partial charge in [0.25, 0.3) is 0 Å². The molecule has 3 heteroatoms. The van der Waals surface area contributed by atoms with Crippen molar-refractivity contribution < 1.29 is 9.90 Å². The number of fused-ring (bicyclic) bond motifs is 1. The molecule has 2 aliphatic carbocycles. The van der Waals surface area contributed by atoms with E-state index in [4.69, 9.17) is 0 Å². The molecule has 3 nitrogen and oxygen atoms in total. The fraction of sp³-hybridized carbons (Fsp3) is 0.923. The van der Waals surface area contributed by atoms with Gasteiger partial charge >= 0.3 is 5.97 Å². The molecule has 90 valence electrons. The molecule has 0 radical (unpaired) electrons. The summed E-state index contributed by atoms with van der Waals surface area (Å²) in [7, 11) is 0. The smallest absolute Gasteiger partial charge is 0.320 e. The number of aliphatic carboxylic acids is 1. The topological polar surface area (TPSA) is 40.5 Å². The van der Waals surface area contributed by atoms with Crippen LogP contribution in [0.2, 0.25) is 0 Å². The van der Waals surface area contributed by atoms with Crippen LogP contribution >= 0.6 is 0 Å². The molecule has 2 aliphatic heterocycles. The molecule has 2 saturated carbocycles. The second-order valence-electron chi connectivity index (χ2n) is 6.14. The Balaban J connectivity index is 1.83. The standard InChI is InChI=1S/C13H21NO2/c1-8(13(15)16)14-7-11-3-9-2-10(4-11)6-12(14)5-9/h8-12H,2-7H2,1H3,(H,15,16). The number of carboxylic acid groups (broad SMARTS) is 1. The van der Waals surface area contributed by atoms with Crippen LogP contribution in [-0.4, -0.2) is 34.6 Å². The summed E-state index contributed by atoms with van der Waals surface area (Å²) in [4.78, 5) is 13.4. The zero-order valence-electron chi connectivity index (χ0n) is 9.93. The van der Waals surface area contributed by atoms with Crippen LogP contribution in [-0.2, 0) is 4.79 Å². The van der Waals surface area contributed by atoms with Crippen molar-refractivity contribution in [2.75, 3.05) is 6.54 Å². The van der Waals surface area contributed by atoms with Gasteiger partial charge in [-0.15, -0.1) is 0 Å². The lowest BCUT2D eigenvalue weighted by molar-refractivity contribution is -0.143. The number of nitrogens with zero attached hydrogens (tertiary/aromatic N) is 1. The van der Waals surface area contributed by atoms with Crippen molar-refractivity contribution in [1.82, 2.24) is 4.90 Å². The lowest BCUT2D eigenvalue weighted by Crippen LogP contribution is -2.46. The van der Waals surface area contributed by atoms with Gasteiger partial charge in [0.05, 0.1) is 0 Å². The van der Waals surface area contributed by atoms with E-state index >= 15 is 0 Å². The summed E-state index contributed by atoms with van der Waals surface area (Å²) >= 11 is 0. The van der Waals surface area contributed by atoms with E-state index in [0.29, 0.717) is 6.04 Å². The summed E-state index contributed by atoms with van der Waals surface area (Å²) in [6.07, 6.45) is 6.64. The van der Waals surface area contributed by atoms with Crippen LogP contribution in [0.25, 0.3) is 0 Å². The Hall–Kier alpha value is -0.570. The van der Waals surface area contributed by atoms with Crippen LogP contribution in [0.3, 0.4) is 0 Å². The molecule has 0 aromatic carbocycles. The van der Waals surface area contributed by atoms with Crippen molar-refractivity contribution in [1.29, 1.82) is 0 Å². The van der Waals surface area contributed by atoms with Crippen molar-refractivity contribution in [3.05, 3.63) is 0 Å². The second kappa shape index (κ2) is 3.73. The molecule has 0 amide bonds. The maximum atomic E-state index is 11.2. The Morgan fingerprint density at radius 1 is 1.12 bits per heavy atom. The van der Waals surface area contributed by atoms with Gasteiger partial charge in [0.15, 0.2) is 0 Å². The summed E-state index contributed by atoms with van der Waals surface area (Å²) < 4.78 is 0. The normalized spacial score (nSPS) is 44.3. The Morgan fingerprint density at radius 2 is 1.69 bits per heavy atom. The van der Waals surface area contributed by atoms with Crippen molar-refractivity contribution in [3.63, 3.8) is 0 Å². The first-order valence-corrected chi connectivity index (χ1v) is 6.62. The van der Waals surface area contributed by atoms with E-state index < -0.39 is 5.97 Å². The van der Waals surface area contributed by atoms with Gasteiger partial charge in [-0.1, -0.05) is 0 Å². The first kappa shape index (κ1) is 10.6. The molecule has 4 rings (SSSR count). The Morgan fingerprint density at radius 3 is 2.25 bits per heavy atom. The second-order valence-corrected chi connectivity index (χ2v) is 6.14. The van der Waals surface area contributed by atoms with Crippen LogP contribution in [0, 0.1) is 17.8 Å². The minimum Gasteiger partial charge on any atom is -0.480 e. The molecule has 3 atom stereocenters. The molecule has 0 spiro atoms. The van der Waals surface area contributed by atoms with Crippen LogP contribution in [0.15, 0.2) is 0 Å². The lowest BCUT2D eigenvalue weighted by atomic mass is 9.68. The number of carboxylic acids is 1. The highest BCUT2D eigenvalue weighted by molar-refractivity contribution is 5.73. The molecule has 0 aromatic rings. The van der Waals surface area contributed by atoms with E-state index in [1.807, 2.05) is 6.92 Å². The van der Waals surface area contributed by atoms with Crippen molar-refractivity contribution >= 4 is 5.97 Å². The molecule has 3 unspecified atom stereocenters. The summed E-state index contributed by atoms with van der Waals surface area (Å²) in [6.45, 7) is 2.89. The predicted octanol–water partition coefficient (Wildman–Crippen LogP) is 1.97. The average molecular weight is 223 g/mol.